The van der Waals surface area contributed by atoms with E-state index in [1.165, 1.54) is 199 Å². The summed E-state index contributed by atoms with van der Waals surface area (Å²) in [5, 5.41) is 0. The van der Waals surface area contributed by atoms with Crippen LogP contribution < -0.4 is 4.89 Å². The van der Waals surface area contributed by atoms with Gasteiger partial charge in [0.25, 0.3) is 7.82 Å². The summed E-state index contributed by atoms with van der Waals surface area (Å²) in [4.78, 5) is 38.2. The maximum Gasteiger partial charge on any atom is 0.306 e. The summed E-state index contributed by atoms with van der Waals surface area (Å²) in [5.74, 6) is -0.845. The zero-order chi connectivity index (χ0) is 72.5. The van der Waals surface area contributed by atoms with E-state index in [2.05, 4.69) is 160 Å². The van der Waals surface area contributed by atoms with Crippen LogP contribution in [0.15, 0.2) is 146 Å². The van der Waals surface area contributed by atoms with Gasteiger partial charge in [-0.3, -0.25) is 14.2 Å². The minimum absolute atomic E-state index is 0.0393. The molecule has 0 heterocycles. The molecular formula is C90H156NO8P. The summed E-state index contributed by atoms with van der Waals surface area (Å²) in [7, 11) is 1.15. The lowest BCUT2D eigenvalue weighted by Crippen LogP contribution is -2.37. The fourth-order valence-corrected chi connectivity index (χ4v) is 12.3. The molecule has 0 aromatic heterocycles. The van der Waals surface area contributed by atoms with Gasteiger partial charge in [-0.25, -0.2) is 0 Å². The van der Waals surface area contributed by atoms with Crippen LogP contribution in [0.4, 0.5) is 0 Å². The number of carbonyl (C=O) groups is 2. The second kappa shape index (κ2) is 79.0. The first-order chi connectivity index (χ1) is 49.0. The summed E-state index contributed by atoms with van der Waals surface area (Å²) in [6.07, 6.45) is 117. The van der Waals surface area contributed by atoms with Gasteiger partial charge < -0.3 is 27.9 Å². The third-order valence-electron chi connectivity index (χ3n) is 17.8. The van der Waals surface area contributed by atoms with Crippen LogP contribution in [0, 0.1) is 0 Å². The molecule has 0 aliphatic rings. The van der Waals surface area contributed by atoms with Crippen molar-refractivity contribution in [3.8, 4) is 0 Å². The largest absolute Gasteiger partial charge is 0.756 e. The standard InChI is InChI=1S/C90H156NO8P/c1-6-8-10-12-14-16-18-20-22-24-26-28-30-32-34-36-38-40-42-44-45-47-48-50-52-54-56-58-60-62-64-66-68-70-72-74-76-78-80-82-89(92)96-86-88(87-98-100(94,95)97-85-84-91(3,4)5)99-90(93)83-81-79-77-75-73-71-69-67-65-63-61-59-57-55-53-51-49-46-43-41-39-37-35-33-31-29-27-25-23-21-19-17-15-13-11-9-7-2/h9,11,15,17-18,20-21,23-24,26-27,29,33,35,39,41,46,49,53,55,59,61,65,67,88H,6-8,10,12-14,16,19,22,25,28,30-32,34,36-38,40,42-45,47-48,50-52,54,56-58,60,62-64,66,68-87H2,1-5H3/b11-9-,17-15-,20-18-,23-21-,26-24-,29-27-,35-33-,41-39-,49-46-,55-53-,61-59-,67-65-. The molecule has 0 aliphatic carbocycles. The van der Waals surface area contributed by atoms with E-state index in [1.807, 2.05) is 21.1 Å². The number of carbonyl (C=O) groups excluding carboxylic acids is 2. The van der Waals surface area contributed by atoms with Crippen molar-refractivity contribution in [2.24, 2.45) is 0 Å². The van der Waals surface area contributed by atoms with Crippen molar-refractivity contribution >= 4 is 19.8 Å². The van der Waals surface area contributed by atoms with E-state index >= 15 is 0 Å². The molecule has 100 heavy (non-hydrogen) atoms. The van der Waals surface area contributed by atoms with Gasteiger partial charge in [0.15, 0.2) is 6.10 Å². The SMILES string of the molecule is CC/C=C\C/C=C\C/C=C\C/C=C\C/C=C\C/C=C\C/C=C\C/C=C\C/C=C\C/C=C\CCCCCCCCC(=O)OC(COC(=O)CCCCCCCCCCCCCCCCCCCCCCCCCCCCC/C=C\C/C=C\CCCCCCC)COP(=O)([O-])OCC[N+](C)(C)C. The Bertz CT molecular complexity index is 2210. The first kappa shape index (κ1) is 95.9. The zero-order valence-corrected chi connectivity index (χ0v) is 66.5. The number of hydrogen-bond acceptors (Lipinski definition) is 8. The zero-order valence-electron chi connectivity index (χ0n) is 65.6. The molecule has 0 fully saturated rings. The van der Waals surface area contributed by atoms with E-state index < -0.39 is 26.5 Å². The molecule has 0 radical (unpaired) electrons. The smallest absolute Gasteiger partial charge is 0.306 e. The van der Waals surface area contributed by atoms with Gasteiger partial charge in [-0.1, -0.05) is 372 Å². The number of quaternary nitrogens is 1. The number of nitrogens with zero attached hydrogens (tertiary/aromatic N) is 1. The molecular weight excluding hydrogens is 1250 g/mol. The Morgan fingerprint density at radius 1 is 0.320 bits per heavy atom. The quantitative estimate of drug-likeness (QED) is 0.0195. The second-order valence-corrected chi connectivity index (χ2v) is 30.2. The molecule has 0 spiro atoms. The van der Waals surface area contributed by atoms with Crippen LogP contribution >= 0.6 is 7.82 Å². The number of hydrogen-bond donors (Lipinski definition) is 0. The van der Waals surface area contributed by atoms with Crippen LogP contribution in [0.1, 0.15) is 361 Å². The summed E-state index contributed by atoms with van der Waals surface area (Å²) in [5.41, 5.74) is 0. The molecule has 2 atom stereocenters. The third-order valence-corrected chi connectivity index (χ3v) is 18.8. The van der Waals surface area contributed by atoms with Gasteiger partial charge in [0, 0.05) is 12.8 Å². The van der Waals surface area contributed by atoms with Crippen molar-refractivity contribution in [3.05, 3.63) is 146 Å². The minimum atomic E-state index is -4.66. The predicted octanol–water partition coefficient (Wildman–Crippen LogP) is 27.4. The summed E-state index contributed by atoms with van der Waals surface area (Å²) in [6, 6.07) is 0. The van der Waals surface area contributed by atoms with Gasteiger partial charge in [-0.05, 0) is 122 Å². The molecule has 0 bridgehead atoms. The Hall–Kier alpha value is -4.11. The highest BCUT2D eigenvalue weighted by atomic mass is 31.2. The van der Waals surface area contributed by atoms with Crippen LogP contribution in [0.3, 0.4) is 0 Å². The van der Waals surface area contributed by atoms with Gasteiger partial charge in [0.1, 0.15) is 19.8 Å². The molecule has 0 rings (SSSR count). The Balaban J connectivity index is 4.00. The lowest BCUT2D eigenvalue weighted by Gasteiger charge is -2.28. The predicted molar refractivity (Wildman–Crippen MR) is 434 cm³/mol. The molecule has 2 unspecified atom stereocenters. The monoisotopic (exact) mass is 1410 g/mol. The number of unbranched alkanes of at least 4 members (excludes halogenated alkanes) is 38. The number of phosphoric acid groups is 1. The van der Waals surface area contributed by atoms with E-state index in [0.717, 1.165) is 128 Å². The summed E-state index contributed by atoms with van der Waals surface area (Å²) < 4.78 is 34.4. The maximum absolute atomic E-state index is 12.9. The van der Waals surface area contributed by atoms with E-state index in [9.17, 15) is 19.0 Å². The normalized spacial score (nSPS) is 13.8. The highest BCUT2D eigenvalue weighted by Gasteiger charge is 2.22. The van der Waals surface area contributed by atoms with Crippen molar-refractivity contribution in [2.45, 2.75) is 367 Å². The Labute approximate surface area is 618 Å². The Kier molecular flexibility index (Phi) is 75.8. The molecule has 0 aromatic carbocycles. The summed E-state index contributed by atoms with van der Waals surface area (Å²) in [6.45, 7) is 4.12. The molecule has 0 amide bonds. The average Bonchev–Trinajstić information content (AvgIpc) is 1.02. The fourth-order valence-electron chi connectivity index (χ4n) is 11.5. The third kappa shape index (κ3) is 82.8. The van der Waals surface area contributed by atoms with Gasteiger partial charge in [-0.15, -0.1) is 0 Å². The summed E-state index contributed by atoms with van der Waals surface area (Å²) >= 11 is 0. The molecule has 0 saturated carbocycles. The maximum atomic E-state index is 12.9. The van der Waals surface area contributed by atoms with Crippen LogP contribution in [0.5, 0.6) is 0 Å². The van der Waals surface area contributed by atoms with Crippen molar-refractivity contribution in [1.29, 1.82) is 0 Å². The van der Waals surface area contributed by atoms with Crippen LogP contribution in [0.25, 0.3) is 0 Å². The van der Waals surface area contributed by atoms with Crippen molar-refractivity contribution in [2.75, 3.05) is 47.5 Å². The number of likely N-dealkylation sites (N-methyl/N-ethyl adjacent to an activating group) is 1. The molecule has 0 aliphatic heterocycles. The fraction of sp³-hybridized carbons (Fsp3) is 0.711. The van der Waals surface area contributed by atoms with E-state index in [0.29, 0.717) is 17.4 Å². The number of ether oxygens (including phenoxy) is 2. The number of phosphoric ester groups is 1. The van der Waals surface area contributed by atoms with Crippen molar-refractivity contribution in [3.63, 3.8) is 0 Å². The Morgan fingerprint density at radius 2 is 0.570 bits per heavy atom. The highest BCUT2D eigenvalue weighted by molar-refractivity contribution is 7.45. The van der Waals surface area contributed by atoms with Gasteiger partial charge in [-0.2, -0.15) is 0 Å². The molecule has 574 valence electrons. The molecule has 10 heteroatoms. The molecule has 0 saturated heterocycles. The Morgan fingerprint density at radius 3 is 0.850 bits per heavy atom. The first-order valence-electron chi connectivity index (χ1n) is 41.5. The molecule has 9 nitrogen and oxygen atoms in total. The lowest BCUT2D eigenvalue weighted by atomic mass is 10.0. The van der Waals surface area contributed by atoms with Crippen molar-refractivity contribution < 1.29 is 42.1 Å². The molecule has 0 aromatic rings. The molecule has 0 N–H and O–H groups in total. The number of rotatable bonds is 76. The van der Waals surface area contributed by atoms with E-state index in [1.54, 1.807) is 0 Å². The van der Waals surface area contributed by atoms with E-state index in [4.69, 9.17) is 18.5 Å². The minimum Gasteiger partial charge on any atom is -0.756 e. The topological polar surface area (TPSA) is 111 Å². The second-order valence-electron chi connectivity index (χ2n) is 28.8. The highest BCUT2D eigenvalue weighted by Crippen LogP contribution is 2.38. The lowest BCUT2D eigenvalue weighted by molar-refractivity contribution is -0.870. The van der Waals surface area contributed by atoms with Crippen LogP contribution in [-0.4, -0.2) is 70.0 Å². The van der Waals surface area contributed by atoms with Gasteiger partial charge >= 0.3 is 11.9 Å². The van der Waals surface area contributed by atoms with Crippen molar-refractivity contribution in [1.82, 2.24) is 0 Å². The number of esters is 2. The number of allylic oxidation sites excluding steroid dienone is 24. The average molecular weight is 1410 g/mol. The van der Waals surface area contributed by atoms with Crippen LogP contribution in [-0.2, 0) is 32.7 Å². The van der Waals surface area contributed by atoms with Crippen LogP contribution in [0.2, 0.25) is 0 Å². The van der Waals surface area contributed by atoms with Gasteiger partial charge in [0.2, 0.25) is 0 Å². The first-order valence-corrected chi connectivity index (χ1v) is 43.0. The van der Waals surface area contributed by atoms with E-state index in [-0.39, 0.29) is 32.0 Å². The van der Waals surface area contributed by atoms with Gasteiger partial charge in [0.05, 0.1) is 27.7 Å².